The molecule has 5 rings (SSSR count). The predicted octanol–water partition coefficient (Wildman–Crippen LogP) is 1.88. The highest BCUT2D eigenvalue weighted by molar-refractivity contribution is 6.40. The van der Waals surface area contributed by atoms with Crippen molar-refractivity contribution < 1.29 is 14.3 Å². The molecule has 3 aliphatic rings. The van der Waals surface area contributed by atoms with Gasteiger partial charge in [0.2, 0.25) is 0 Å². The first-order chi connectivity index (χ1) is 12.5. The summed E-state index contributed by atoms with van der Waals surface area (Å²) in [7, 11) is 6.01. The maximum atomic E-state index is 13.8. The highest BCUT2D eigenvalue weighted by Crippen LogP contribution is 2.81. The Morgan fingerprint density at radius 1 is 1.38 bits per heavy atom. The molecular weight excluding hydrogens is 330 g/mol. The van der Waals surface area contributed by atoms with E-state index in [0.717, 1.165) is 12.5 Å². The third kappa shape index (κ3) is 2.02. The molecule has 26 heavy (non-hydrogen) atoms. The van der Waals surface area contributed by atoms with Crippen molar-refractivity contribution >= 4 is 30.1 Å². The molecule has 1 amide bonds. The van der Waals surface area contributed by atoms with E-state index in [2.05, 4.69) is 5.32 Å². The zero-order valence-corrected chi connectivity index (χ0v) is 14.7. The fourth-order valence-electron chi connectivity index (χ4n) is 5.92. The van der Waals surface area contributed by atoms with Gasteiger partial charge in [-0.25, -0.2) is 4.39 Å². The number of carbonyl (C=O) groups is 1. The Balaban J connectivity index is 1.44. The van der Waals surface area contributed by atoms with Gasteiger partial charge in [0.05, 0.1) is 17.7 Å². The van der Waals surface area contributed by atoms with Crippen LogP contribution in [0.3, 0.4) is 0 Å². The molecule has 3 saturated carbocycles. The number of aromatic nitrogens is 1. The predicted molar refractivity (Wildman–Crippen MR) is 98.1 cm³/mol. The number of benzene rings is 1. The third-order valence-electron chi connectivity index (χ3n) is 7.46. The zero-order valence-electron chi connectivity index (χ0n) is 14.7. The van der Waals surface area contributed by atoms with Crippen LogP contribution in [-0.4, -0.2) is 36.6 Å². The van der Waals surface area contributed by atoms with Crippen LogP contribution in [0.1, 0.15) is 42.5 Å². The van der Waals surface area contributed by atoms with Gasteiger partial charge in [0.15, 0.2) is 0 Å². The highest BCUT2D eigenvalue weighted by atomic mass is 19.1. The standard InChI is InChI=1S/C20H22BFN2O2/c21-15-7-13(22)8-16-17(15)14(10-24(16)5-6-25)18(26)23-11-19-2-1-12-9-20(12,19)4-3-19/h7-8,10,12,25H,1-6,9,11H2,(H,23,26). The molecule has 3 aliphatic carbocycles. The summed E-state index contributed by atoms with van der Waals surface area (Å²) in [5, 5.41) is 13.0. The Morgan fingerprint density at radius 2 is 2.23 bits per heavy atom. The van der Waals surface area contributed by atoms with Gasteiger partial charge in [-0.15, -0.1) is 0 Å². The van der Waals surface area contributed by atoms with E-state index in [0.29, 0.717) is 33.8 Å². The fraction of sp³-hybridized carbons (Fsp3) is 0.550. The van der Waals surface area contributed by atoms with E-state index < -0.39 is 5.82 Å². The number of fused-ring (bicyclic) bond motifs is 1. The molecule has 2 aromatic rings. The molecular formula is C20H22BFN2O2. The number of aliphatic hydroxyl groups is 1. The topological polar surface area (TPSA) is 54.3 Å². The van der Waals surface area contributed by atoms with Gasteiger partial charge in [0.25, 0.3) is 5.91 Å². The Hall–Kier alpha value is -1.82. The van der Waals surface area contributed by atoms with Crippen LogP contribution in [0.2, 0.25) is 0 Å². The van der Waals surface area contributed by atoms with Crippen LogP contribution < -0.4 is 10.8 Å². The van der Waals surface area contributed by atoms with Gasteiger partial charge in [-0.05, 0) is 61.0 Å². The Kier molecular flexibility index (Phi) is 3.37. The second-order valence-corrected chi connectivity index (χ2v) is 8.41. The Morgan fingerprint density at radius 3 is 2.88 bits per heavy atom. The number of nitrogens with one attached hydrogen (secondary N) is 1. The first kappa shape index (κ1) is 16.4. The molecule has 4 nitrogen and oxygen atoms in total. The molecule has 3 fully saturated rings. The first-order valence-corrected chi connectivity index (χ1v) is 9.47. The first-order valence-electron chi connectivity index (χ1n) is 9.47. The summed E-state index contributed by atoms with van der Waals surface area (Å²) in [6.07, 6.45) is 8.06. The molecule has 2 radical (unpaired) electrons. The normalized spacial score (nSPS) is 31.4. The molecule has 1 spiro atoms. The lowest BCUT2D eigenvalue weighted by molar-refractivity contribution is 0.0203. The number of carbonyl (C=O) groups excluding carboxylic acids is 1. The lowest BCUT2D eigenvalue weighted by Crippen LogP contribution is -2.48. The molecule has 0 bridgehead atoms. The quantitative estimate of drug-likeness (QED) is 0.808. The third-order valence-corrected chi connectivity index (χ3v) is 7.46. The van der Waals surface area contributed by atoms with Gasteiger partial charge in [0, 0.05) is 24.7 Å². The van der Waals surface area contributed by atoms with Crippen LogP contribution in [0, 0.1) is 22.6 Å². The Labute approximate surface area is 153 Å². The molecule has 0 aliphatic heterocycles. The highest BCUT2D eigenvalue weighted by Gasteiger charge is 2.74. The summed E-state index contributed by atoms with van der Waals surface area (Å²) in [5.41, 5.74) is 2.08. The molecule has 0 saturated heterocycles. The van der Waals surface area contributed by atoms with Gasteiger partial charge >= 0.3 is 0 Å². The van der Waals surface area contributed by atoms with Gasteiger partial charge in [-0.1, -0.05) is 5.46 Å². The molecule has 1 aromatic carbocycles. The summed E-state index contributed by atoms with van der Waals surface area (Å²) in [6.45, 7) is 0.922. The van der Waals surface area contributed by atoms with E-state index in [1.54, 1.807) is 10.8 Å². The van der Waals surface area contributed by atoms with Crippen molar-refractivity contribution in [1.29, 1.82) is 0 Å². The van der Waals surface area contributed by atoms with Crippen LogP contribution in [-0.2, 0) is 6.54 Å². The van der Waals surface area contributed by atoms with E-state index in [1.165, 1.54) is 44.2 Å². The molecule has 1 heterocycles. The van der Waals surface area contributed by atoms with Gasteiger partial charge in [0.1, 0.15) is 13.7 Å². The minimum atomic E-state index is -0.444. The van der Waals surface area contributed by atoms with Gasteiger partial charge in [-0.3, -0.25) is 4.79 Å². The van der Waals surface area contributed by atoms with E-state index >= 15 is 0 Å². The monoisotopic (exact) mass is 352 g/mol. The number of rotatable bonds is 5. The van der Waals surface area contributed by atoms with Crippen molar-refractivity contribution in [1.82, 2.24) is 9.88 Å². The lowest BCUT2D eigenvalue weighted by atomic mass is 9.57. The molecule has 2 N–H and O–H groups in total. The van der Waals surface area contributed by atoms with Crippen LogP contribution >= 0.6 is 0 Å². The number of hydrogen-bond donors (Lipinski definition) is 2. The minimum Gasteiger partial charge on any atom is -0.395 e. The smallest absolute Gasteiger partial charge is 0.253 e. The van der Waals surface area contributed by atoms with Crippen molar-refractivity contribution in [3.05, 3.63) is 29.7 Å². The molecule has 6 heteroatoms. The lowest BCUT2D eigenvalue weighted by Gasteiger charge is -2.49. The number of aliphatic hydroxyl groups excluding tert-OH is 1. The average molecular weight is 352 g/mol. The maximum absolute atomic E-state index is 13.8. The van der Waals surface area contributed by atoms with Crippen LogP contribution in [0.25, 0.3) is 10.9 Å². The van der Waals surface area contributed by atoms with Crippen molar-refractivity contribution in [2.24, 2.45) is 16.7 Å². The molecule has 3 atom stereocenters. The average Bonchev–Trinajstić information content (AvgIpc) is 3.19. The largest absolute Gasteiger partial charge is 0.395 e. The van der Waals surface area contributed by atoms with E-state index in [1.807, 2.05) is 0 Å². The van der Waals surface area contributed by atoms with Crippen LogP contribution in [0.5, 0.6) is 0 Å². The molecule has 1 aromatic heterocycles. The van der Waals surface area contributed by atoms with E-state index in [-0.39, 0.29) is 18.0 Å². The molecule has 134 valence electrons. The van der Waals surface area contributed by atoms with Gasteiger partial charge < -0.3 is 15.0 Å². The SMILES string of the molecule is [B]c1cc(F)cc2c1c(C(=O)NCC13CCC4CC41CC3)cn2CCO. The molecule has 3 unspecified atom stereocenters. The summed E-state index contributed by atoms with van der Waals surface area (Å²) < 4.78 is 15.5. The van der Waals surface area contributed by atoms with Crippen molar-refractivity contribution in [2.75, 3.05) is 13.2 Å². The van der Waals surface area contributed by atoms with Crippen LogP contribution in [0.4, 0.5) is 4.39 Å². The number of nitrogens with zero attached hydrogens (tertiary/aromatic N) is 1. The van der Waals surface area contributed by atoms with Crippen molar-refractivity contribution in [3.63, 3.8) is 0 Å². The van der Waals surface area contributed by atoms with Crippen LogP contribution in [0.15, 0.2) is 18.3 Å². The second kappa shape index (κ2) is 5.35. The maximum Gasteiger partial charge on any atom is 0.253 e. The summed E-state index contributed by atoms with van der Waals surface area (Å²) >= 11 is 0. The fourth-order valence-corrected chi connectivity index (χ4v) is 5.92. The van der Waals surface area contributed by atoms with Crippen molar-refractivity contribution in [3.8, 4) is 0 Å². The van der Waals surface area contributed by atoms with E-state index in [4.69, 9.17) is 7.85 Å². The number of amides is 1. The number of halogens is 1. The van der Waals surface area contributed by atoms with E-state index in [9.17, 15) is 14.3 Å². The minimum absolute atomic E-state index is 0.0890. The second-order valence-electron chi connectivity index (χ2n) is 8.41. The Bertz CT molecular complexity index is 920. The number of hydrogen-bond acceptors (Lipinski definition) is 2. The van der Waals surface area contributed by atoms with Gasteiger partial charge in [-0.2, -0.15) is 0 Å². The summed E-state index contributed by atoms with van der Waals surface area (Å²) in [4.78, 5) is 12.9. The summed E-state index contributed by atoms with van der Waals surface area (Å²) in [6, 6.07) is 2.61. The van der Waals surface area contributed by atoms with Crippen molar-refractivity contribution in [2.45, 2.75) is 38.6 Å². The zero-order chi connectivity index (χ0) is 18.1. The summed E-state index contributed by atoms with van der Waals surface area (Å²) in [5.74, 6) is 0.282.